The van der Waals surface area contributed by atoms with E-state index in [2.05, 4.69) is 24.0 Å². The zero-order valence-corrected chi connectivity index (χ0v) is 19.5. The van der Waals surface area contributed by atoms with Crippen LogP contribution in [0.25, 0.3) is 11.0 Å². The largest absolute Gasteiger partial charge is 0.450 e. The molecule has 1 aromatic heterocycles. The van der Waals surface area contributed by atoms with Crippen LogP contribution in [0.2, 0.25) is 0 Å². The number of rotatable bonds is 5. The summed E-state index contributed by atoms with van der Waals surface area (Å²) in [6, 6.07) is 11.5. The van der Waals surface area contributed by atoms with Crippen LogP contribution in [0.5, 0.6) is 0 Å². The van der Waals surface area contributed by atoms with E-state index in [1.54, 1.807) is 0 Å². The van der Waals surface area contributed by atoms with Crippen LogP contribution in [0.3, 0.4) is 0 Å². The van der Waals surface area contributed by atoms with Crippen molar-refractivity contribution in [2.75, 3.05) is 39.4 Å². The first-order chi connectivity index (χ1) is 16.0. The van der Waals surface area contributed by atoms with Gasteiger partial charge < -0.3 is 14.1 Å². The van der Waals surface area contributed by atoms with Crippen LogP contribution in [0.15, 0.2) is 45.6 Å². The average molecular weight is 447 g/mol. The van der Waals surface area contributed by atoms with Crippen molar-refractivity contribution in [1.29, 1.82) is 0 Å². The Bertz CT molecular complexity index is 1260. The van der Waals surface area contributed by atoms with Crippen LogP contribution in [0.1, 0.15) is 51.3 Å². The molecule has 0 bridgehead atoms. The fraction of sp³-hybridized carbons (Fsp3) is 0.407. The number of benzene rings is 2. The van der Waals surface area contributed by atoms with E-state index < -0.39 is 6.04 Å². The molecule has 2 aromatic carbocycles. The Labute approximate surface area is 193 Å². The van der Waals surface area contributed by atoms with E-state index in [0.29, 0.717) is 36.3 Å². The van der Waals surface area contributed by atoms with Crippen molar-refractivity contribution in [3.05, 3.63) is 80.2 Å². The Balaban J connectivity index is 1.61. The summed E-state index contributed by atoms with van der Waals surface area (Å²) in [6.07, 6.45) is 0.937. The van der Waals surface area contributed by atoms with E-state index in [0.717, 1.165) is 42.7 Å². The van der Waals surface area contributed by atoms with E-state index >= 15 is 0 Å². The molecule has 6 heteroatoms. The molecule has 1 fully saturated rings. The van der Waals surface area contributed by atoms with Gasteiger partial charge in [0.25, 0.3) is 5.91 Å². The Morgan fingerprint density at radius 1 is 0.970 bits per heavy atom. The van der Waals surface area contributed by atoms with E-state index in [1.807, 2.05) is 43.0 Å². The van der Waals surface area contributed by atoms with Crippen LogP contribution in [-0.2, 0) is 11.2 Å². The lowest BCUT2D eigenvalue weighted by Gasteiger charge is -2.31. The molecule has 1 amide bonds. The first-order valence-corrected chi connectivity index (χ1v) is 11.8. The molecular weight excluding hydrogens is 416 g/mol. The number of morpholine rings is 1. The summed E-state index contributed by atoms with van der Waals surface area (Å²) < 4.78 is 11.6. The Kier molecular flexibility index (Phi) is 5.81. The minimum absolute atomic E-state index is 0.110. The minimum Gasteiger partial charge on any atom is -0.450 e. The van der Waals surface area contributed by atoms with Gasteiger partial charge in [-0.2, -0.15) is 0 Å². The number of hydrogen-bond acceptors (Lipinski definition) is 5. The number of nitrogens with zero attached hydrogens (tertiary/aromatic N) is 2. The number of fused-ring (bicyclic) bond motifs is 2. The average Bonchev–Trinajstić information content (AvgIpc) is 3.11. The second kappa shape index (κ2) is 8.76. The normalized spacial score (nSPS) is 18.8. The molecule has 3 aromatic rings. The molecule has 0 aliphatic carbocycles. The third-order valence-electron chi connectivity index (χ3n) is 7.05. The maximum Gasteiger partial charge on any atom is 0.290 e. The molecule has 1 unspecified atom stereocenters. The Morgan fingerprint density at radius 3 is 2.36 bits per heavy atom. The second-order valence-electron chi connectivity index (χ2n) is 9.06. The molecule has 1 saturated heterocycles. The van der Waals surface area contributed by atoms with Crippen molar-refractivity contribution >= 4 is 16.9 Å². The highest BCUT2D eigenvalue weighted by molar-refractivity contribution is 5.99. The number of aryl methyl sites for hydroxylation is 3. The molecule has 1 atom stereocenters. The highest BCUT2D eigenvalue weighted by Crippen LogP contribution is 2.38. The first kappa shape index (κ1) is 21.9. The lowest BCUT2D eigenvalue weighted by atomic mass is 9.96. The van der Waals surface area contributed by atoms with E-state index in [-0.39, 0.29) is 17.1 Å². The van der Waals surface area contributed by atoms with Crippen LogP contribution in [0, 0.1) is 13.8 Å². The van der Waals surface area contributed by atoms with Gasteiger partial charge in [0.15, 0.2) is 5.43 Å². The van der Waals surface area contributed by atoms with Crippen molar-refractivity contribution < 1.29 is 13.9 Å². The molecule has 33 heavy (non-hydrogen) atoms. The van der Waals surface area contributed by atoms with Crippen molar-refractivity contribution in [1.82, 2.24) is 9.80 Å². The standard InChI is InChI=1S/C27H30N2O4/c1-4-19-5-7-20(8-6-19)24-23-25(30)21-15-17(2)18(3)16-22(21)33-26(23)27(31)29(24)10-9-28-11-13-32-14-12-28/h5-8,15-16,24H,4,9-14H2,1-3H3. The summed E-state index contributed by atoms with van der Waals surface area (Å²) >= 11 is 0. The van der Waals surface area contributed by atoms with Gasteiger partial charge in [0, 0.05) is 26.2 Å². The lowest BCUT2D eigenvalue weighted by Crippen LogP contribution is -2.42. The fourth-order valence-corrected chi connectivity index (χ4v) is 4.86. The van der Waals surface area contributed by atoms with Crippen molar-refractivity contribution in [2.24, 2.45) is 0 Å². The van der Waals surface area contributed by atoms with Gasteiger partial charge in [-0.1, -0.05) is 31.2 Å². The molecule has 0 saturated carbocycles. The van der Waals surface area contributed by atoms with Gasteiger partial charge in [-0.25, -0.2) is 0 Å². The molecule has 0 radical (unpaired) electrons. The molecule has 5 rings (SSSR count). The van der Waals surface area contributed by atoms with Gasteiger partial charge >= 0.3 is 0 Å². The van der Waals surface area contributed by atoms with Gasteiger partial charge in [0.05, 0.1) is 30.2 Å². The zero-order chi connectivity index (χ0) is 23.1. The molecule has 172 valence electrons. The number of carbonyl (C=O) groups excluding carboxylic acids is 1. The van der Waals surface area contributed by atoms with Gasteiger partial charge in [-0.3, -0.25) is 14.5 Å². The Hall–Kier alpha value is -2.96. The third kappa shape index (κ3) is 3.87. The first-order valence-electron chi connectivity index (χ1n) is 11.8. The molecule has 0 N–H and O–H groups in total. The summed E-state index contributed by atoms with van der Waals surface area (Å²) in [5.74, 6) is -0.0256. The summed E-state index contributed by atoms with van der Waals surface area (Å²) in [5, 5.41) is 0.537. The van der Waals surface area contributed by atoms with Gasteiger partial charge in [-0.05, 0) is 54.7 Å². The minimum atomic E-state index is -0.443. The topological polar surface area (TPSA) is 63.0 Å². The molecule has 0 spiro atoms. The highest BCUT2D eigenvalue weighted by atomic mass is 16.5. The number of ether oxygens (including phenoxy) is 1. The lowest BCUT2D eigenvalue weighted by molar-refractivity contribution is 0.0314. The summed E-state index contributed by atoms with van der Waals surface area (Å²) in [7, 11) is 0. The number of amides is 1. The predicted octanol–water partition coefficient (Wildman–Crippen LogP) is 3.85. The summed E-state index contributed by atoms with van der Waals surface area (Å²) in [4.78, 5) is 31.4. The van der Waals surface area contributed by atoms with Crippen molar-refractivity contribution in [2.45, 2.75) is 33.2 Å². The second-order valence-corrected chi connectivity index (χ2v) is 9.06. The van der Waals surface area contributed by atoms with E-state index in [1.165, 1.54) is 5.56 Å². The van der Waals surface area contributed by atoms with Crippen LogP contribution < -0.4 is 5.43 Å². The number of carbonyl (C=O) groups is 1. The maximum atomic E-state index is 13.7. The molecule has 6 nitrogen and oxygen atoms in total. The van der Waals surface area contributed by atoms with E-state index in [9.17, 15) is 9.59 Å². The third-order valence-corrected chi connectivity index (χ3v) is 7.05. The van der Waals surface area contributed by atoms with Gasteiger partial charge in [0.2, 0.25) is 5.76 Å². The summed E-state index contributed by atoms with van der Waals surface area (Å²) in [6.45, 7) is 10.5. The monoisotopic (exact) mass is 446 g/mol. The van der Waals surface area contributed by atoms with Crippen molar-refractivity contribution in [3.63, 3.8) is 0 Å². The fourth-order valence-electron chi connectivity index (χ4n) is 4.86. The van der Waals surface area contributed by atoms with Crippen molar-refractivity contribution in [3.8, 4) is 0 Å². The van der Waals surface area contributed by atoms with Crippen LogP contribution in [0.4, 0.5) is 0 Å². The molecule has 2 aliphatic rings. The summed E-state index contributed by atoms with van der Waals surface area (Å²) in [5.41, 5.74) is 5.06. The SMILES string of the molecule is CCc1ccc(C2c3c(oc4cc(C)c(C)cc4c3=O)C(=O)N2CCN2CCOCC2)cc1. The Morgan fingerprint density at radius 2 is 1.67 bits per heavy atom. The number of hydrogen-bond donors (Lipinski definition) is 0. The van der Waals surface area contributed by atoms with E-state index in [4.69, 9.17) is 9.15 Å². The smallest absolute Gasteiger partial charge is 0.290 e. The predicted molar refractivity (Wildman–Crippen MR) is 128 cm³/mol. The molecule has 3 heterocycles. The zero-order valence-electron chi connectivity index (χ0n) is 19.5. The quantitative estimate of drug-likeness (QED) is 0.596. The molecular formula is C27H30N2O4. The highest BCUT2D eigenvalue weighted by Gasteiger charge is 2.42. The van der Waals surface area contributed by atoms with Gasteiger partial charge in [0.1, 0.15) is 5.58 Å². The van der Waals surface area contributed by atoms with Crippen LogP contribution in [-0.4, -0.2) is 55.1 Å². The maximum absolute atomic E-state index is 13.7. The molecule has 2 aliphatic heterocycles. The van der Waals surface area contributed by atoms with Crippen LogP contribution >= 0.6 is 0 Å². The van der Waals surface area contributed by atoms with Gasteiger partial charge in [-0.15, -0.1) is 0 Å².